The third kappa shape index (κ3) is 4.32. The van der Waals surface area contributed by atoms with E-state index in [4.69, 9.17) is 14.0 Å². The summed E-state index contributed by atoms with van der Waals surface area (Å²) in [7, 11) is 1.58. The van der Waals surface area contributed by atoms with Gasteiger partial charge in [-0.2, -0.15) is 4.98 Å². The molecule has 0 aliphatic carbocycles. The van der Waals surface area contributed by atoms with Crippen molar-refractivity contribution in [2.24, 2.45) is 0 Å². The Labute approximate surface area is 173 Å². The van der Waals surface area contributed by atoms with E-state index >= 15 is 0 Å². The van der Waals surface area contributed by atoms with Crippen molar-refractivity contribution >= 4 is 17.6 Å². The zero-order valence-electron chi connectivity index (χ0n) is 16.5. The molecular weight excluding hydrogens is 386 g/mol. The molecule has 0 radical (unpaired) electrons. The average Bonchev–Trinajstić information content (AvgIpc) is 3.27. The first-order chi connectivity index (χ1) is 14.6. The Kier molecular flexibility index (Phi) is 5.74. The number of anilines is 1. The van der Waals surface area contributed by atoms with Crippen molar-refractivity contribution in [1.29, 1.82) is 0 Å². The van der Waals surface area contributed by atoms with Gasteiger partial charge in [0, 0.05) is 24.2 Å². The van der Waals surface area contributed by atoms with Crippen molar-refractivity contribution in [1.82, 2.24) is 10.1 Å². The lowest BCUT2D eigenvalue weighted by Crippen LogP contribution is -2.35. The molecule has 4 rings (SSSR count). The molecule has 1 aliphatic heterocycles. The molecule has 0 saturated carbocycles. The van der Waals surface area contributed by atoms with E-state index in [0.717, 1.165) is 24.1 Å². The Balaban J connectivity index is 1.37. The smallest absolute Gasteiger partial charge is 0.338 e. The third-order valence-electron chi connectivity index (χ3n) is 4.86. The number of piperidine rings is 1. The highest BCUT2D eigenvalue weighted by Crippen LogP contribution is 2.23. The van der Waals surface area contributed by atoms with E-state index in [1.165, 1.54) is 0 Å². The second-order valence-corrected chi connectivity index (χ2v) is 6.87. The van der Waals surface area contributed by atoms with Crippen LogP contribution in [0.5, 0.6) is 5.75 Å². The maximum absolute atomic E-state index is 12.3. The molecule has 0 spiro atoms. The fourth-order valence-corrected chi connectivity index (χ4v) is 3.26. The minimum atomic E-state index is -0.507. The maximum atomic E-state index is 12.3. The summed E-state index contributed by atoms with van der Waals surface area (Å²) in [5.74, 6) is 0.861. The Bertz CT molecular complexity index is 1040. The van der Waals surface area contributed by atoms with E-state index < -0.39 is 5.97 Å². The molecule has 2 heterocycles. The van der Waals surface area contributed by atoms with Crippen LogP contribution in [0, 0.1) is 0 Å². The molecule has 1 saturated heterocycles. The number of carbonyl (C=O) groups excluding carboxylic acids is 2. The zero-order valence-corrected chi connectivity index (χ0v) is 16.5. The number of ether oxygens (including phenoxy) is 2. The lowest BCUT2D eigenvalue weighted by Gasteiger charge is -2.26. The van der Waals surface area contributed by atoms with Gasteiger partial charge in [-0.15, -0.1) is 0 Å². The van der Waals surface area contributed by atoms with Crippen LogP contribution in [0.15, 0.2) is 53.1 Å². The van der Waals surface area contributed by atoms with Gasteiger partial charge in [0.1, 0.15) is 5.75 Å². The van der Waals surface area contributed by atoms with Gasteiger partial charge in [0.2, 0.25) is 11.7 Å². The maximum Gasteiger partial charge on any atom is 0.338 e. The van der Waals surface area contributed by atoms with Crippen LogP contribution in [0.25, 0.3) is 11.4 Å². The monoisotopic (exact) mass is 407 g/mol. The summed E-state index contributed by atoms with van der Waals surface area (Å²) < 4.78 is 15.6. The molecule has 0 bridgehead atoms. The Morgan fingerprint density at radius 2 is 2.00 bits per heavy atom. The highest BCUT2D eigenvalue weighted by molar-refractivity contribution is 5.95. The van der Waals surface area contributed by atoms with Gasteiger partial charge in [-0.25, -0.2) is 4.79 Å². The molecule has 1 amide bonds. The van der Waals surface area contributed by atoms with Crippen LogP contribution in [0.3, 0.4) is 0 Å². The van der Waals surface area contributed by atoms with Gasteiger partial charge in [-0.3, -0.25) is 4.79 Å². The molecule has 3 aromatic rings. The highest BCUT2D eigenvalue weighted by atomic mass is 16.6. The number of carbonyl (C=O) groups is 2. The topological polar surface area (TPSA) is 94.8 Å². The van der Waals surface area contributed by atoms with Crippen molar-refractivity contribution in [3.8, 4) is 17.1 Å². The lowest BCUT2D eigenvalue weighted by atomic mass is 10.1. The summed E-state index contributed by atoms with van der Waals surface area (Å²) in [6.45, 7) is 0.567. The minimum Gasteiger partial charge on any atom is -0.497 e. The molecule has 1 fully saturated rings. The van der Waals surface area contributed by atoms with Crippen LogP contribution in [0.2, 0.25) is 0 Å². The fraction of sp³-hybridized carbons (Fsp3) is 0.273. The second-order valence-electron chi connectivity index (χ2n) is 6.87. The van der Waals surface area contributed by atoms with E-state index in [1.807, 2.05) is 18.2 Å². The summed E-state index contributed by atoms with van der Waals surface area (Å²) >= 11 is 0. The minimum absolute atomic E-state index is 0.111. The first-order valence-electron chi connectivity index (χ1n) is 9.68. The predicted octanol–water partition coefficient (Wildman–Crippen LogP) is 3.62. The molecule has 0 atom stereocenters. The van der Waals surface area contributed by atoms with Gasteiger partial charge in [0.15, 0.2) is 6.61 Å². The molecule has 30 heavy (non-hydrogen) atoms. The summed E-state index contributed by atoms with van der Waals surface area (Å²) in [5, 5.41) is 3.91. The molecule has 0 N–H and O–H groups in total. The number of methoxy groups -OCH3 is 1. The van der Waals surface area contributed by atoms with Gasteiger partial charge in [0.25, 0.3) is 5.89 Å². The third-order valence-corrected chi connectivity index (χ3v) is 4.86. The van der Waals surface area contributed by atoms with E-state index in [1.54, 1.807) is 42.3 Å². The van der Waals surface area contributed by atoms with Gasteiger partial charge >= 0.3 is 5.97 Å². The summed E-state index contributed by atoms with van der Waals surface area (Å²) in [6.07, 6.45) is 2.47. The van der Waals surface area contributed by atoms with Crippen molar-refractivity contribution in [2.75, 3.05) is 18.6 Å². The number of rotatable bonds is 6. The fourth-order valence-electron chi connectivity index (χ4n) is 3.26. The highest BCUT2D eigenvalue weighted by Gasteiger charge is 2.20. The van der Waals surface area contributed by atoms with Crippen LogP contribution >= 0.6 is 0 Å². The van der Waals surface area contributed by atoms with Crippen LogP contribution in [0.4, 0.5) is 5.69 Å². The molecule has 0 unspecified atom stereocenters. The molecule has 2 aromatic carbocycles. The number of aromatic nitrogens is 2. The quantitative estimate of drug-likeness (QED) is 0.576. The average molecular weight is 407 g/mol. The normalized spacial score (nSPS) is 13.9. The van der Waals surface area contributed by atoms with Crippen LogP contribution < -0.4 is 9.64 Å². The largest absolute Gasteiger partial charge is 0.497 e. The standard InChI is InChI=1S/C22H21N3O5/c1-28-18-6-4-5-16(13-18)21-23-19(30-24-21)14-29-22(27)15-8-10-17(11-9-15)25-12-3-2-7-20(25)26/h4-6,8-11,13H,2-3,7,12,14H2,1H3. The Hall–Kier alpha value is -3.68. The van der Waals surface area contributed by atoms with Crippen LogP contribution in [-0.2, 0) is 16.1 Å². The van der Waals surface area contributed by atoms with Gasteiger partial charge < -0.3 is 18.9 Å². The van der Waals surface area contributed by atoms with Crippen molar-refractivity contribution in [3.05, 3.63) is 60.0 Å². The summed E-state index contributed by atoms with van der Waals surface area (Å²) in [4.78, 5) is 30.3. The second kappa shape index (κ2) is 8.77. The van der Waals surface area contributed by atoms with Crippen LogP contribution in [-0.4, -0.2) is 35.7 Å². The number of hydrogen-bond donors (Lipinski definition) is 0. The summed E-state index contributed by atoms with van der Waals surface area (Å²) in [5.41, 5.74) is 1.91. The number of esters is 1. The molecular formula is C22H21N3O5. The number of hydrogen-bond acceptors (Lipinski definition) is 7. The van der Waals surface area contributed by atoms with Crippen LogP contribution in [0.1, 0.15) is 35.5 Å². The Morgan fingerprint density at radius 3 is 2.77 bits per heavy atom. The number of amides is 1. The van der Waals surface area contributed by atoms with E-state index in [0.29, 0.717) is 30.1 Å². The van der Waals surface area contributed by atoms with Crippen molar-refractivity contribution < 1.29 is 23.6 Å². The van der Waals surface area contributed by atoms with E-state index in [-0.39, 0.29) is 18.4 Å². The predicted molar refractivity (Wildman–Crippen MR) is 108 cm³/mol. The van der Waals surface area contributed by atoms with Gasteiger partial charge in [0.05, 0.1) is 12.7 Å². The number of nitrogens with zero attached hydrogens (tertiary/aromatic N) is 3. The Morgan fingerprint density at radius 1 is 1.17 bits per heavy atom. The molecule has 8 heteroatoms. The SMILES string of the molecule is COc1cccc(-c2noc(COC(=O)c3ccc(N4CCCCC4=O)cc3)n2)c1. The molecule has 8 nitrogen and oxygen atoms in total. The molecule has 1 aromatic heterocycles. The van der Waals surface area contributed by atoms with E-state index in [2.05, 4.69) is 10.1 Å². The molecule has 1 aliphatic rings. The first kappa shape index (κ1) is 19.6. The number of benzene rings is 2. The molecule has 154 valence electrons. The van der Waals surface area contributed by atoms with Gasteiger partial charge in [-0.05, 0) is 49.2 Å². The zero-order chi connectivity index (χ0) is 20.9. The summed E-state index contributed by atoms with van der Waals surface area (Å²) in [6, 6.07) is 14.1. The lowest BCUT2D eigenvalue weighted by molar-refractivity contribution is -0.119. The first-order valence-corrected chi connectivity index (χ1v) is 9.68. The van der Waals surface area contributed by atoms with Gasteiger partial charge in [-0.1, -0.05) is 17.3 Å². The van der Waals surface area contributed by atoms with Crippen molar-refractivity contribution in [2.45, 2.75) is 25.9 Å². The van der Waals surface area contributed by atoms with Crippen molar-refractivity contribution in [3.63, 3.8) is 0 Å². The van der Waals surface area contributed by atoms with E-state index in [9.17, 15) is 9.59 Å².